The summed E-state index contributed by atoms with van der Waals surface area (Å²) in [6.07, 6.45) is 0.365. The quantitative estimate of drug-likeness (QED) is 0.878. The van der Waals surface area contributed by atoms with Gasteiger partial charge in [-0.2, -0.15) is 0 Å². The number of carbonyl (C=O) groups is 2. The summed E-state index contributed by atoms with van der Waals surface area (Å²) >= 11 is 0. The molecule has 0 saturated carbocycles. The van der Waals surface area contributed by atoms with Gasteiger partial charge in [-0.15, -0.1) is 0 Å². The van der Waals surface area contributed by atoms with Crippen LogP contribution in [0.2, 0.25) is 0 Å². The van der Waals surface area contributed by atoms with Gasteiger partial charge >= 0.3 is 0 Å². The molecule has 1 aliphatic heterocycles. The van der Waals surface area contributed by atoms with Gasteiger partial charge in [-0.3, -0.25) is 9.59 Å². The third-order valence-electron chi connectivity index (χ3n) is 3.30. The van der Waals surface area contributed by atoms with Gasteiger partial charge in [0.15, 0.2) is 0 Å². The second-order valence-corrected chi connectivity index (χ2v) is 4.92. The fraction of sp³-hybridized carbons (Fsp3) is 0.125. The molecular weight excluding hydrogens is 252 g/mol. The van der Waals surface area contributed by atoms with Crippen molar-refractivity contribution in [2.24, 2.45) is 0 Å². The summed E-state index contributed by atoms with van der Waals surface area (Å²) in [4.78, 5) is 23.4. The van der Waals surface area contributed by atoms with E-state index in [0.29, 0.717) is 17.7 Å². The molecule has 0 spiro atoms. The van der Waals surface area contributed by atoms with E-state index < -0.39 is 0 Å². The zero-order valence-electron chi connectivity index (χ0n) is 11.1. The first kappa shape index (κ1) is 12.4. The lowest BCUT2D eigenvalue weighted by Crippen LogP contribution is -2.11. The number of fused-ring (bicyclic) bond motifs is 1. The van der Waals surface area contributed by atoms with Crippen LogP contribution in [0.3, 0.4) is 0 Å². The maximum absolute atomic E-state index is 12.1. The van der Waals surface area contributed by atoms with E-state index in [2.05, 4.69) is 10.6 Å². The fourth-order valence-electron chi connectivity index (χ4n) is 2.22. The highest BCUT2D eigenvalue weighted by molar-refractivity contribution is 6.05. The molecule has 0 aliphatic carbocycles. The Hall–Kier alpha value is -2.62. The van der Waals surface area contributed by atoms with Gasteiger partial charge in [0.25, 0.3) is 5.91 Å². The van der Waals surface area contributed by atoms with Crippen LogP contribution in [0.4, 0.5) is 11.4 Å². The Balaban J connectivity index is 1.78. The monoisotopic (exact) mass is 266 g/mol. The summed E-state index contributed by atoms with van der Waals surface area (Å²) in [7, 11) is 0. The second kappa shape index (κ2) is 4.81. The van der Waals surface area contributed by atoms with E-state index in [-0.39, 0.29) is 11.8 Å². The standard InChI is InChI=1S/C16H14N2O2/c1-10-2-4-11(5-3-10)16(20)17-13-6-7-14-12(8-13)9-15(19)18-14/h2-8H,9H2,1H3,(H,17,20)(H,18,19). The Kier molecular flexibility index (Phi) is 2.99. The van der Waals surface area contributed by atoms with Crippen molar-refractivity contribution in [1.82, 2.24) is 0 Å². The Labute approximate surface area is 116 Å². The van der Waals surface area contributed by atoms with E-state index >= 15 is 0 Å². The zero-order chi connectivity index (χ0) is 14.1. The van der Waals surface area contributed by atoms with E-state index in [1.807, 2.05) is 31.2 Å². The van der Waals surface area contributed by atoms with Crippen LogP contribution in [-0.2, 0) is 11.2 Å². The van der Waals surface area contributed by atoms with Crippen molar-refractivity contribution < 1.29 is 9.59 Å². The lowest BCUT2D eigenvalue weighted by Gasteiger charge is -2.07. The normalized spacial score (nSPS) is 12.8. The molecule has 0 bridgehead atoms. The van der Waals surface area contributed by atoms with Crippen LogP contribution in [-0.4, -0.2) is 11.8 Å². The number of hydrogen-bond donors (Lipinski definition) is 2. The molecule has 3 rings (SSSR count). The van der Waals surface area contributed by atoms with Gasteiger partial charge in [-0.25, -0.2) is 0 Å². The highest BCUT2D eigenvalue weighted by Crippen LogP contribution is 2.26. The minimum atomic E-state index is -0.151. The van der Waals surface area contributed by atoms with E-state index in [1.165, 1.54) is 0 Å². The fourth-order valence-corrected chi connectivity index (χ4v) is 2.22. The van der Waals surface area contributed by atoms with Gasteiger partial charge in [0.2, 0.25) is 5.91 Å². The van der Waals surface area contributed by atoms with E-state index in [4.69, 9.17) is 0 Å². The average molecular weight is 266 g/mol. The molecule has 0 saturated heterocycles. The largest absolute Gasteiger partial charge is 0.326 e. The van der Waals surface area contributed by atoms with Gasteiger partial charge in [0.05, 0.1) is 6.42 Å². The molecule has 0 fully saturated rings. The summed E-state index contributed by atoms with van der Waals surface area (Å²) in [5, 5.41) is 5.61. The number of hydrogen-bond acceptors (Lipinski definition) is 2. The topological polar surface area (TPSA) is 58.2 Å². The molecule has 2 aromatic rings. The number of carbonyl (C=O) groups excluding carboxylic acids is 2. The maximum Gasteiger partial charge on any atom is 0.255 e. The van der Waals surface area contributed by atoms with Crippen LogP contribution in [0.25, 0.3) is 0 Å². The van der Waals surface area contributed by atoms with Gasteiger partial charge in [0, 0.05) is 16.9 Å². The molecule has 4 heteroatoms. The number of rotatable bonds is 2. The predicted octanol–water partition coefficient (Wildman–Crippen LogP) is 2.74. The van der Waals surface area contributed by atoms with Crippen molar-refractivity contribution in [3.63, 3.8) is 0 Å². The summed E-state index contributed by atoms with van der Waals surface area (Å²) in [5.41, 5.74) is 4.17. The molecule has 2 amide bonds. The van der Waals surface area contributed by atoms with Gasteiger partial charge in [-0.05, 0) is 42.8 Å². The first-order valence-corrected chi connectivity index (χ1v) is 6.42. The second-order valence-electron chi connectivity index (χ2n) is 4.92. The van der Waals surface area contributed by atoms with E-state index in [0.717, 1.165) is 16.8 Å². The van der Waals surface area contributed by atoms with Gasteiger partial charge in [-0.1, -0.05) is 17.7 Å². The van der Waals surface area contributed by atoms with Crippen molar-refractivity contribution >= 4 is 23.2 Å². The third kappa shape index (κ3) is 2.40. The number of nitrogens with one attached hydrogen (secondary N) is 2. The van der Waals surface area contributed by atoms with E-state index in [1.54, 1.807) is 18.2 Å². The molecule has 0 aromatic heterocycles. The lowest BCUT2D eigenvalue weighted by molar-refractivity contribution is -0.115. The average Bonchev–Trinajstić information content (AvgIpc) is 2.78. The lowest BCUT2D eigenvalue weighted by atomic mass is 10.1. The predicted molar refractivity (Wildman–Crippen MR) is 77.9 cm³/mol. The molecule has 0 radical (unpaired) electrons. The van der Waals surface area contributed by atoms with Crippen molar-refractivity contribution in [1.29, 1.82) is 0 Å². The summed E-state index contributed by atoms with van der Waals surface area (Å²) in [5.74, 6) is -0.163. The molecule has 1 aliphatic rings. The number of anilines is 2. The Morgan fingerprint density at radius 3 is 2.65 bits per heavy atom. The van der Waals surface area contributed by atoms with Crippen LogP contribution in [0.1, 0.15) is 21.5 Å². The zero-order valence-corrected chi connectivity index (χ0v) is 11.1. The van der Waals surface area contributed by atoms with Crippen LogP contribution < -0.4 is 10.6 Å². The van der Waals surface area contributed by atoms with E-state index in [9.17, 15) is 9.59 Å². The summed E-state index contributed by atoms with van der Waals surface area (Å²) < 4.78 is 0. The third-order valence-corrected chi connectivity index (χ3v) is 3.30. The highest BCUT2D eigenvalue weighted by atomic mass is 16.2. The smallest absolute Gasteiger partial charge is 0.255 e. The number of aryl methyl sites for hydroxylation is 1. The van der Waals surface area contributed by atoms with Crippen LogP contribution >= 0.6 is 0 Å². The SMILES string of the molecule is Cc1ccc(C(=O)Nc2ccc3c(c2)CC(=O)N3)cc1. The van der Waals surface area contributed by atoms with Gasteiger partial charge < -0.3 is 10.6 Å². The molecule has 0 unspecified atom stereocenters. The van der Waals surface area contributed by atoms with Crippen molar-refractivity contribution in [3.05, 3.63) is 59.2 Å². The van der Waals surface area contributed by atoms with Crippen molar-refractivity contribution in [3.8, 4) is 0 Å². The van der Waals surface area contributed by atoms with Crippen LogP contribution in [0.15, 0.2) is 42.5 Å². The van der Waals surface area contributed by atoms with Gasteiger partial charge in [0.1, 0.15) is 0 Å². The molecule has 1 heterocycles. The molecule has 0 atom stereocenters. The summed E-state index contributed by atoms with van der Waals surface area (Å²) in [6.45, 7) is 1.98. The molecule has 4 nitrogen and oxygen atoms in total. The minimum absolute atomic E-state index is 0.0120. The molecular formula is C16H14N2O2. The van der Waals surface area contributed by atoms with Crippen LogP contribution in [0.5, 0.6) is 0 Å². The first-order valence-electron chi connectivity index (χ1n) is 6.42. The number of benzene rings is 2. The Morgan fingerprint density at radius 2 is 1.90 bits per heavy atom. The Morgan fingerprint density at radius 1 is 1.15 bits per heavy atom. The van der Waals surface area contributed by atoms with Crippen molar-refractivity contribution in [2.45, 2.75) is 13.3 Å². The highest BCUT2D eigenvalue weighted by Gasteiger charge is 2.17. The Bertz CT molecular complexity index is 690. The molecule has 20 heavy (non-hydrogen) atoms. The van der Waals surface area contributed by atoms with Crippen LogP contribution in [0, 0.1) is 6.92 Å². The minimum Gasteiger partial charge on any atom is -0.326 e. The molecule has 2 N–H and O–H groups in total. The number of amides is 2. The molecule has 2 aromatic carbocycles. The summed E-state index contributed by atoms with van der Waals surface area (Å²) in [6, 6.07) is 12.8. The first-order chi connectivity index (χ1) is 9.61. The van der Waals surface area contributed by atoms with Crippen molar-refractivity contribution in [2.75, 3.05) is 10.6 Å². The maximum atomic E-state index is 12.1. The molecule has 100 valence electrons.